The van der Waals surface area contributed by atoms with Crippen LogP contribution < -0.4 is 9.64 Å². The molecule has 48 heavy (non-hydrogen) atoms. The van der Waals surface area contributed by atoms with Gasteiger partial charge in [0.2, 0.25) is 5.13 Å². The summed E-state index contributed by atoms with van der Waals surface area (Å²) < 4.78 is 8.43. The summed E-state index contributed by atoms with van der Waals surface area (Å²) in [6.45, 7) is 6.55. The number of aliphatic hydroxyl groups is 1. The number of carbonyl (C=O) groups is 2. The van der Waals surface area contributed by atoms with Crippen molar-refractivity contribution in [2.75, 3.05) is 11.5 Å². The molecule has 1 atom stereocenters. The molecule has 1 unspecified atom stereocenters. The number of hydrogen-bond donors (Lipinski definition) is 1. The van der Waals surface area contributed by atoms with Gasteiger partial charge in [0.1, 0.15) is 17.1 Å². The summed E-state index contributed by atoms with van der Waals surface area (Å²) in [6.07, 6.45) is 2.64. The number of ketones is 1. The van der Waals surface area contributed by atoms with Crippen LogP contribution in [-0.2, 0) is 15.3 Å². The van der Waals surface area contributed by atoms with Crippen molar-refractivity contribution < 1.29 is 19.4 Å². The lowest BCUT2D eigenvalue weighted by Crippen LogP contribution is -2.29. The van der Waals surface area contributed by atoms with Gasteiger partial charge in [0, 0.05) is 11.9 Å². The van der Waals surface area contributed by atoms with Crippen molar-refractivity contribution >= 4 is 62.1 Å². The largest absolute Gasteiger partial charge is 0.505 e. The van der Waals surface area contributed by atoms with Crippen molar-refractivity contribution in [3.05, 3.63) is 119 Å². The third-order valence-electron chi connectivity index (χ3n) is 8.34. The summed E-state index contributed by atoms with van der Waals surface area (Å²) in [7, 11) is 0. The number of Topliss-reactive ketones (excluding diaryl/α,β-unsaturated/α-hetero) is 1. The van der Waals surface area contributed by atoms with Crippen LogP contribution in [0.5, 0.6) is 5.75 Å². The van der Waals surface area contributed by atoms with E-state index in [-0.39, 0.29) is 16.5 Å². The number of ether oxygens (including phenoxy) is 1. The fourth-order valence-corrected chi connectivity index (χ4v) is 7.85. The van der Waals surface area contributed by atoms with Crippen LogP contribution in [0.3, 0.4) is 0 Å². The number of nitrogens with zero attached hydrogens (tertiary/aromatic N) is 5. The van der Waals surface area contributed by atoms with Crippen LogP contribution in [0.15, 0.2) is 101 Å². The number of carbonyl (C=O) groups excluding carboxylic acids is 2. The zero-order valence-corrected chi connectivity index (χ0v) is 28.3. The number of aliphatic hydroxyl groups excluding tert-OH is 1. The van der Waals surface area contributed by atoms with Gasteiger partial charge in [0.05, 0.1) is 23.9 Å². The topological polar surface area (TPSA) is 110 Å². The molecule has 242 valence electrons. The molecule has 0 aliphatic carbocycles. The van der Waals surface area contributed by atoms with Gasteiger partial charge in [-0.3, -0.25) is 18.9 Å². The van der Waals surface area contributed by atoms with E-state index in [4.69, 9.17) is 4.74 Å². The number of amides is 1. The number of rotatable bonds is 10. The molecule has 1 saturated heterocycles. The molecule has 3 aromatic carbocycles. The lowest BCUT2D eigenvalue weighted by Gasteiger charge is -2.23. The Morgan fingerprint density at radius 3 is 2.65 bits per heavy atom. The maximum atomic E-state index is 13.9. The van der Waals surface area contributed by atoms with Gasteiger partial charge in [0.25, 0.3) is 5.78 Å². The molecular weight excluding hydrogens is 643 g/mol. The second kappa shape index (κ2) is 13.2. The maximum absolute atomic E-state index is 13.9. The zero-order valence-electron chi connectivity index (χ0n) is 26.7. The van der Waals surface area contributed by atoms with Gasteiger partial charge < -0.3 is 9.84 Å². The Hall–Kier alpha value is -5.00. The highest BCUT2D eigenvalue weighted by Gasteiger charge is 2.49. The van der Waals surface area contributed by atoms with Crippen molar-refractivity contribution in [2.24, 2.45) is 5.92 Å². The third kappa shape index (κ3) is 5.95. The van der Waals surface area contributed by atoms with E-state index in [0.717, 1.165) is 17.4 Å². The van der Waals surface area contributed by atoms with Crippen LogP contribution in [0.1, 0.15) is 48.8 Å². The first-order valence-electron chi connectivity index (χ1n) is 15.7. The summed E-state index contributed by atoms with van der Waals surface area (Å²) in [5, 5.41) is 23.3. The molecule has 0 spiro atoms. The molecule has 3 aromatic heterocycles. The average molecular weight is 676 g/mol. The lowest BCUT2D eigenvalue weighted by molar-refractivity contribution is -0.132. The van der Waals surface area contributed by atoms with E-state index in [9.17, 15) is 14.7 Å². The maximum Gasteiger partial charge on any atom is 0.301 e. The first kappa shape index (κ1) is 31.6. The van der Waals surface area contributed by atoms with Gasteiger partial charge in [-0.05, 0) is 65.4 Å². The quantitative estimate of drug-likeness (QED) is 0.0512. The van der Waals surface area contributed by atoms with Crippen LogP contribution in [0.2, 0.25) is 0 Å². The number of pyridine rings is 1. The summed E-state index contributed by atoms with van der Waals surface area (Å²) >= 11 is 2.76. The van der Waals surface area contributed by atoms with Crippen molar-refractivity contribution in [3.8, 4) is 5.75 Å². The van der Waals surface area contributed by atoms with Crippen LogP contribution in [0, 0.1) is 12.8 Å². The number of fused-ring (bicyclic) bond motifs is 2. The number of aryl methyl sites for hydroxylation is 1. The predicted octanol–water partition coefficient (Wildman–Crippen LogP) is 7.99. The molecule has 4 heterocycles. The Balaban J connectivity index is 1.28. The van der Waals surface area contributed by atoms with Gasteiger partial charge in [-0.25, -0.2) is 4.98 Å². The van der Waals surface area contributed by atoms with Crippen molar-refractivity contribution in [3.63, 3.8) is 0 Å². The Labute approximate surface area is 285 Å². The molecule has 1 aliphatic rings. The fourth-order valence-electron chi connectivity index (χ4n) is 5.97. The van der Waals surface area contributed by atoms with Crippen molar-refractivity contribution in [1.82, 2.24) is 19.6 Å². The first-order valence-corrected chi connectivity index (χ1v) is 17.5. The molecule has 1 amide bonds. The number of benzene rings is 3. The number of anilines is 1. The van der Waals surface area contributed by atoms with Gasteiger partial charge in [-0.1, -0.05) is 97.6 Å². The number of aromatic nitrogens is 4. The Bertz CT molecular complexity index is 2200. The Morgan fingerprint density at radius 2 is 1.79 bits per heavy atom. The van der Waals surface area contributed by atoms with E-state index in [2.05, 4.69) is 53.3 Å². The highest BCUT2D eigenvalue weighted by molar-refractivity contribution is 8.00. The molecular formula is C37H33N5O4S2. The first-order chi connectivity index (χ1) is 23.3. The van der Waals surface area contributed by atoms with Crippen molar-refractivity contribution in [1.29, 1.82) is 0 Å². The second-order valence-corrected chi connectivity index (χ2v) is 14.2. The number of imidazole rings is 1. The van der Waals surface area contributed by atoms with Crippen LogP contribution in [-0.4, -0.2) is 43.0 Å². The van der Waals surface area contributed by atoms with Gasteiger partial charge >= 0.3 is 5.91 Å². The van der Waals surface area contributed by atoms with Crippen LogP contribution in [0.4, 0.5) is 5.13 Å². The summed E-state index contributed by atoms with van der Waals surface area (Å²) in [4.78, 5) is 33.7. The summed E-state index contributed by atoms with van der Waals surface area (Å²) in [6, 6.07) is 26.3. The van der Waals surface area contributed by atoms with E-state index in [1.165, 1.54) is 33.4 Å². The molecule has 1 aliphatic heterocycles. The summed E-state index contributed by atoms with van der Waals surface area (Å²) in [5.74, 6) is -0.178. The Kier molecular flexibility index (Phi) is 8.72. The monoisotopic (exact) mass is 675 g/mol. The molecule has 0 radical (unpaired) electrons. The fraction of sp³-hybridized carbons (Fsp3) is 0.216. The van der Waals surface area contributed by atoms with E-state index in [0.29, 0.717) is 51.0 Å². The third-order valence-corrected chi connectivity index (χ3v) is 10.4. The standard InChI is InChI=1S/C37H33N5O4S2/c1-22(2)17-19-46-27-14-9-12-25(20-27)32-30(33(43)31-23(3)38-29-16-6-7-18-41(29)31)34(44)35(45)42(32)36-39-40-37(48-36)47-21-26-13-8-11-24-10-4-5-15-28(24)26/h4-16,18,20,22,32,43H,17,19,21H2,1-3H3/b33-30+. The molecule has 6 aromatic rings. The van der Waals surface area contributed by atoms with Crippen LogP contribution >= 0.6 is 23.1 Å². The Morgan fingerprint density at radius 1 is 1.00 bits per heavy atom. The molecule has 0 bridgehead atoms. The zero-order chi connectivity index (χ0) is 33.4. The predicted molar refractivity (Wildman–Crippen MR) is 190 cm³/mol. The van der Waals surface area contributed by atoms with Gasteiger partial charge in [0.15, 0.2) is 10.1 Å². The molecule has 0 saturated carbocycles. The molecule has 9 nitrogen and oxygen atoms in total. The highest BCUT2D eigenvalue weighted by Crippen LogP contribution is 2.45. The second-order valence-electron chi connectivity index (χ2n) is 12.0. The van der Waals surface area contributed by atoms with E-state index >= 15 is 0 Å². The van der Waals surface area contributed by atoms with E-state index < -0.39 is 17.7 Å². The van der Waals surface area contributed by atoms with Gasteiger partial charge in [-0.15, -0.1) is 10.2 Å². The summed E-state index contributed by atoms with van der Waals surface area (Å²) in [5.41, 5.74) is 3.20. The van der Waals surface area contributed by atoms with E-state index in [1.54, 1.807) is 17.5 Å². The van der Waals surface area contributed by atoms with Crippen molar-refractivity contribution in [2.45, 2.75) is 43.3 Å². The molecule has 7 rings (SSSR count). The highest BCUT2D eigenvalue weighted by atomic mass is 32.2. The normalized spacial score (nSPS) is 16.1. The minimum Gasteiger partial charge on any atom is -0.505 e. The van der Waals surface area contributed by atoms with Crippen LogP contribution in [0.25, 0.3) is 22.2 Å². The number of hydrogen-bond acceptors (Lipinski definition) is 9. The SMILES string of the molecule is Cc1nc2ccccn2c1/C(O)=C1\C(=O)C(=O)N(c2nnc(SCc3cccc4ccccc34)s2)C1c1cccc(OCCC(C)C)c1. The van der Waals surface area contributed by atoms with Gasteiger partial charge in [-0.2, -0.15) is 0 Å². The lowest BCUT2D eigenvalue weighted by atomic mass is 9.96. The smallest absolute Gasteiger partial charge is 0.301 e. The molecule has 11 heteroatoms. The average Bonchev–Trinajstić information content (AvgIpc) is 3.76. The number of thioether (sulfide) groups is 1. The van der Waals surface area contributed by atoms with E-state index in [1.807, 2.05) is 60.7 Å². The molecule has 1 N–H and O–H groups in total. The minimum atomic E-state index is -0.976. The molecule has 1 fully saturated rings. The minimum absolute atomic E-state index is 0.0479.